The van der Waals surface area contributed by atoms with E-state index in [1.54, 1.807) is 55.1 Å². The number of rotatable bonds is 17. The van der Waals surface area contributed by atoms with E-state index in [9.17, 15) is 27.6 Å². The highest BCUT2D eigenvalue weighted by atomic mass is 32.2. The van der Waals surface area contributed by atoms with Crippen LogP contribution in [0.3, 0.4) is 0 Å². The predicted molar refractivity (Wildman–Crippen MR) is 238 cm³/mol. The molecule has 344 valence electrons. The first kappa shape index (κ1) is 49.0. The Hall–Kier alpha value is -5.02. The SMILES string of the molecule is Cc1ccc(S(=O)(=O)OCCOc2ccc(CCc3cncc(C(CC(=O)OC(C)(C)C)NC(=O)C4CCCN(C(=O)CCC5CCN(C(=O)OC(C)(C)C)CC5)C4)c3)cc2)cc1. The third-order valence-corrected chi connectivity index (χ3v) is 12.4. The van der Waals surface area contributed by atoms with Gasteiger partial charge in [0, 0.05) is 45.0 Å². The average molecular weight is 891 g/mol. The van der Waals surface area contributed by atoms with E-state index in [0.717, 1.165) is 36.0 Å². The average Bonchev–Trinajstić information content (AvgIpc) is 3.23. The highest BCUT2D eigenvalue weighted by Gasteiger charge is 2.32. The fraction of sp³-hybridized carbons (Fsp3) is 0.562. The molecule has 3 amide bonds. The fourth-order valence-corrected chi connectivity index (χ4v) is 8.57. The van der Waals surface area contributed by atoms with Gasteiger partial charge in [0.25, 0.3) is 10.1 Å². The number of esters is 1. The molecule has 1 N–H and O–H groups in total. The third kappa shape index (κ3) is 16.2. The summed E-state index contributed by atoms with van der Waals surface area (Å²) in [6, 6.07) is 15.3. The quantitative estimate of drug-likeness (QED) is 0.0808. The Bertz CT molecular complexity index is 2110. The molecule has 3 aromatic rings. The summed E-state index contributed by atoms with van der Waals surface area (Å²) < 4.78 is 46.9. The van der Waals surface area contributed by atoms with Crippen LogP contribution in [0, 0.1) is 18.8 Å². The van der Waals surface area contributed by atoms with Gasteiger partial charge >= 0.3 is 12.1 Å². The van der Waals surface area contributed by atoms with E-state index < -0.39 is 39.2 Å². The molecular weight excluding hydrogens is 825 g/mol. The van der Waals surface area contributed by atoms with Crippen LogP contribution >= 0.6 is 0 Å². The number of likely N-dealkylation sites (tertiary alicyclic amines) is 2. The van der Waals surface area contributed by atoms with Crippen molar-refractivity contribution in [1.82, 2.24) is 20.1 Å². The molecule has 14 nitrogen and oxygen atoms in total. The summed E-state index contributed by atoms with van der Waals surface area (Å²) in [4.78, 5) is 61.1. The molecule has 0 bridgehead atoms. The number of carbonyl (C=O) groups excluding carboxylic acids is 4. The van der Waals surface area contributed by atoms with E-state index >= 15 is 0 Å². The minimum Gasteiger partial charge on any atom is -0.491 e. The van der Waals surface area contributed by atoms with Gasteiger partial charge in [-0.05, 0) is 140 Å². The Morgan fingerprint density at radius 3 is 2.14 bits per heavy atom. The summed E-state index contributed by atoms with van der Waals surface area (Å²) in [5.41, 5.74) is 2.36. The smallest absolute Gasteiger partial charge is 0.410 e. The summed E-state index contributed by atoms with van der Waals surface area (Å²) in [5, 5.41) is 3.12. The van der Waals surface area contributed by atoms with Crippen LogP contribution in [-0.2, 0) is 51.0 Å². The first-order chi connectivity index (χ1) is 29.7. The number of hydrogen-bond acceptors (Lipinski definition) is 11. The highest BCUT2D eigenvalue weighted by molar-refractivity contribution is 7.86. The number of nitrogens with zero attached hydrogens (tertiary/aromatic N) is 3. The zero-order valence-electron chi connectivity index (χ0n) is 38.0. The van der Waals surface area contributed by atoms with Crippen molar-refractivity contribution in [3.8, 4) is 5.75 Å². The highest BCUT2D eigenvalue weighted by Crippen LogP contribution is 2.27. The van der Waals surface area contributed by atoms with Gasteiger partial charge in [-0.25, -0.2) is 4.79 Å². The number of ether oxygens (including phenoxy) is 3. The lowest BCUT2D eigenvalue weighted by Gasteiger charge is -2.35. The van der Waals surface area contributed by atoms with E-state index in [1.807, 2.05) is 58.0 Å². The minimum absolute atomic E-state index is 0.0308. The van der Waals surface area contributed by atoms with Crippen molar-refractivity contribution < 1.29 is 46.0 Å². The number of carbonyl (C=O) groups is 4. The van der Waals surface area contributed by atoms with Crippen LogP contribution in [-0.4, -0.2) is 97.7 Å². The maximum atomic E-state index is 13.9. The van der Waals surface area contributed by atoms with E-state index in [-0.39, 0.29) is 42.4 Å². The molecule has 2 saturated heterocycles. The summed E-state index contributed by atoms with van der Waals surface area (Å²) in [7, 11) is -3.87. The van der Waals surface area contributed by atoms with Gasteiger partial charge in [0.2, 0.25) is 11.8 Å². The molecule has 0 spiro atoms. The van der Waals surface area contributed by atoms with Gasteiger partial charge in [0.1, 0.15) is 30.2 Å². The van der Waals surface area contributed by atoms with Crippen LogP contribution in [0.5, 0.6) is 5.75 Å². The standard InChI is InChI=1S/C48H66N4O10S/c1-34-10-19-41(20-11-34)63(57,58)60-28-27-59-40-17-14-35(15-18-40)12-13-37-29-39(32-49-31-37)42(30-44(54)61-47(2,3)4)50-45(55)38-9-8-24-52(33-38)43(53)21-16-36-22-25-51(26-23-36)46(56)62-48(5,6)7/h10-11,14-15,17-20,29,31-32,36,38,42H,8-9,12-13,16,21-28,30,33H2,1-7H3,(H,50,55). The monoisotopic (exact) mass is 890 g/mol. The zero-order valence-corrected chi connectivity index (χ0v) is 38.8. The van der Waals surface area contributed by atoms with Gasteiger partial charge in [-0.3, -0.25) is 23.6 Å². The molecule has 15 heteroatoms. The second-order valence-corrected chi connectivity index (χ2v) is 20.3. The van der Waals surface area contributed by atoms with E-state index in [1.165, 1.54) is 12.1 Å². The molecule has 2 atom stereocenters. The van der Waals surface area contributed by atoms with Crippen molar-refractivity contribution in [2.75, 3.05) is 39.4 Å². The Morgan fingerprint density at radius 1 is 0.810 bits per heavy atom. The molecular formula is C48H66N4O10S. The molecule has 2 aromatic carbocycles. The maximum Gasteiger partial charge on any atom is 0.410 e. The van der Waals surface area contributed by atoms with Crippen molar-refractivity contribution in [2.45, 2.75) is 128 Å². The van der Waals surface area contributed by atoms with Gasteiger partial charge < -0.3 is 29.3 Å². The van der Waals surface area contributed by atoms with Crippen molar-refractivity contribution >= 4 is 34.0 Å². The van der Waals surface area contributed by atoms with Crippen molar-refractivity contribution in [2.24, 2.45) is 11.8 Å². The first-order valence-electron chi connectivity index (χ1n) is 22.1. The molecule has 0 aliphatic carbocycles. The number of nitrogens with one attached hydrogen (secondary N) is 1. The summed E-state index contributed by atoms with van der Waals surface area (Å²) in [6.45, 7) is 14.9. The van der Waals surface area contributed by atoms with Gasteiger partial charge in [-0.2, -0.15) is 8.42 Å². The number of amides is 3. The molecule has 5 rings (SSSR count). The van der Waals surface area contributed by atoms with Gasteiger partial charge in [0.05, 0.1) is 23.3 Å². The number of aromatic nitrogens is 1. The van der Waals surface area contributed by atoms with Gasteiger partial charge in [0.15, 0.2) is 0 Å². The van der Waals surface area contributed by atoms with Crippen molar-refractivity contribution in [1.29, 1.82) is 0 Å². The maximum absolute atomic E-state index is 13.9. The Balaban J connectivity index is 1.12. The second kappa shape index (κ2) is 22.1. The second-order valence-electron chi connectivity index (χ2n) is 18.7. The third-order valence-electron chi connectivity index (χ3n) is 11.0. The largest absolute Gasteiger partial charge is 0.491 e. The van der Waals surface area contributed by atoms with E-state index in [4.69, 9.17) is 18.4 Å². The van der Waals surface area contributed by atoms with Crippen LogP contribution in [0.2, 0.25) is 0 Å². The molecule has 0 saturated carbocycles. The lowest BCUT2D eigenvalue weighted by atomic mass is 9.91. The van der Waals surface area contributed by atoms with Crippen LogP contribution in [0.4, 0.5) is 4.79 Å². The van der Waals surface area contributed by atoms with Crippen LogP contribution in [0.25, 0.3) is 0 Å². The molecule has 3 heterocycles. The molecule has 1 aromatic heterocycles. The topological polar surface area (TPSA) is 171 Å². The number of pyridine rings is 1. The molecule has 2 fully saturated rings. The molecule has 2 aliphatic heterocycles. The molecule has 63 heavy (non-hydrogen) atoms. The Labute approximate surface area is 373 Å². The van der Waals surface area contributed by atoms with Crippen molar-refractivity contribution in [3.05, 3.63) is 89.2 Å². The molecule has 2 unspecified atom stereocenters. The normalized spacial score (nSPS) is 16.8. The number of aryl methyl sites for hydroxylation is 3. The lowest BCUT2D eigenvalue weighted by Crippen LogP contribution is -2.46. The lowest BCUT2D eigenvalue weighted by molar-refractivity contribution is -0.155. The van der Waals surface area contributed by atoms with Gasteiger partial charge in [-0.1, -0.05) is 35.9 Å². The van der Waals surface area contributed by atoms with Gasteiger partial charge in [-0.15, -0.1) is 0 Å². The fourth-order valence-electron chi connectivity index (χ4n) is 7.68. The minimum atomic E-state index is -3.87. The van der Waals surface area contributed by atoms with Crippen LogP contribution < -0.4 is 10.1 Å². The molecule has 2 aliphatic rings. The van der Waals surface area contributed by atoms with Crippen molar-refractivity contribution in [3.63, 3.8) is 0 Å². The van der Waals surface area contributed by atoms with E-state index in [0.29, 0.717) is 75.5 Å². The van der Waals surface area contributed by atoms with Crippen LogP contribution in [0.1, 0.15) is 115 Å². The van der Waals surface area contributed by atoms with E-state index in [2.05, 4.69) is 10.3 Å². The summed E-state index contributed by atoms with van der Waals surface area (Å²) in [6.07, 6.45) is 8.47. The zero-order chi connectivity index (χ0) is 45.8. The first-order valence-corrected chi connectivity index (χ1v) is 23.5. The number of benzene rings is 2. The number of hydrogen-bond donors (Lipinski definition) is 1. The Morgan fingerprint density at radius 2 is 1.48 bits per heavy atom. The Kier molecular flexibility index (Phi) is 17.2. The number of piperidine rings is 2. The summed E-state index contributed by atoms with van der Waals surface area (Å²) >= 11 is 0. The summed E-state index contributed by atoms with van der Waals surface area (Å²) in [5.74, 6) is -0.141. The van der Waals surface area contributed by atoms with Crippen LogP contribution in [0.15, 0.2) is 71.9 Å². The molecule has 0 radical (unpaired) electrons. The predicted octanol–water partition coefficient (Wildman–Crippen LogP) is 7.51.